The highest BCUT2D eigenvalue weighted by Gasteiger charge is 2.28. The lowest BCUT2D eigenvalue weighted by atomic mass is 10.1. The van der Waals surface area contributed by atoms with Crippen LogP contribution >= 0.6 is 0 Å². The molecule has 0 unspecified atom stereocenters. The Balaban J connectivity index is 1.69. The zero-order chi connectivity index (χ0) is 15.7. The number of nitrogens with one attached hydrogen (secondary N) is 1. The summed E-state index contributed by atoms with van der Waals surface area (Å²) in [7, 11) is 0. The molecule has 4 nitrogen and oxygen atoms in total. The van der Waals surface area contributed by atoms with Crippen LogP contribution in [0.3, 0.4) is 0 Å². The van der Waals surface area contributed by atoms with Crippen molar-refractivity contribution in [3.05, 3.63) is 52.8 Å². The fourth-order valence-electron chi connectivity index (χ4n) is 2.89. The quantitative estimate of drug-likeness (QED) is 0.857. The molecule has 1 N–H and O–H groups in total. The summed E-state index contributed by atoms with van der Waals surface area (Å²) in [6.07, 6.45) is 2.43. The van der Waals surface area contributed by atoms with Gasteiger partial charge < -0.3 is 9.88 Å². The fraction of sp³-hybridized carbons (Fsp3) is 0.333. The SMILES string of the molecule is Cc1cc(C(=O)CNc2ccc(C#N)cc2)c(C)n1C1CC1. The van der Waals surface area contributed by atoms with Gasteiger partial charge >= 0.3 is 0 Å². The number of Topliss-reactive ketones (excluding diaryl/α,β-unsaturated/α-hetero) is 1. The first-order valence-corrected chi connectivity index (χ1v) is 7.56. The predicted molar refractivity (Wildman–Crippen MR) is 86.2 cm³/mol. The molecule has 0 amide bonds. The molecular weight excluding hydrogens is 274 g/mol. The van der Waals surface area contributed by atoms with Crippen LogP contribution in [-0.4, -0.2) is 16.9 Å². The minimum Gasteiger partial charge on any atom is -0.378 e. The van der Waals surface area contributed by atoms with E-state index in [1.165, 1.54) is 18.5 Å². The monoisotopic (exact) mass is 293 g/mol. The number of hydrogen-bond donors (Lipinski definition) is 1. The third-order valence-electron chi connectivity index (χ3n) is 4.16. The number of ketones is 1. The second kappa shape index (κ2) is 5.69. The summed E-state index contributed by atoms with van der Waals surface area (Å²) in [5.41, 5.74) is 4.52. The van der Waals surface area contributed by atoms with E-state index in [9.17, 15) is 4.79 Å². The maximum absolute atomic E-state index is 12.4. The standard InChI is InChI=1S/C18H19N3O/c1-12-9-17(13(2)21(12)16-7-8-16)18(22)11-20-15-5-3-14(10-19)4-6-15/h3-6,9,16,20H,7-8,11H2,1-2H3. The van der Waals surface area contributed by atoms with E-state index in [1.807, 2.05) is 25.1 Å². The van der Waals surface area contributed by atoms with Crippen LogP contribution in [0.1, 0.15) is 46.2 Å². The average Bonchev–Trinajstić information content (AvgIpc) is 3.31. The molecule has 112 valence electrons. The Morgan fingerprint density at radius 3 is 2.59 bits per heavy atom. The fourth-order valence-corrected chi connectivity index (χ4v) is 2.89. The van der Waals surface area contributed by atoms with Gasteiger partial charge in [0.05, 0.1) is 18.2 Å². The van der Waals surface area contributed by atoms with Gasteiger partial charge in [0.25, 0.3) is 0 Å². The Kier molecular flexibility index (Phi) is 3.72. The van der Waals surface area contributed by atoms with Gasteiger partial charge in [0.15, 0.2) is 5.78 Å². The maximum atomic E-state index is 12.4. The van der Waals surface area contributed by atoms with Crippen molar-refractivity contribution in [3.8, 4) is 6.07 Å². The van der Waals surface area contributed by atoms with Crippen molar-refractivity contribution >= 4 is 11.5 Å². The molecule has 0 spiro atoms. The number of aromatic nitrogens is 1. The first-order valence-electron chi connectivity index (χ1n) is 7.56. The second-order valence-corrected chi connectivity index (χ2v) is 5.85. The number of anilines is 1. The number of benzene rings is 1. The van der Waals surface area contributed by atoms with Gasteiger partial charge in [-0.05, 0) is 57.0 Å². The second-order valence-electron chi connectivity index (χ2n) is 5.85. The zero-order valence-electron chi connectivity index (χ0n) is 12.9. The number of nitrogens with zero attached hydrogens (tertiary/aromatic N) is 2. The number of carbonyl (C=O) groups is 1. The van der Waals surface area contributed by atoms with Crippen LogP contribution < -0.4 is 5.32 Å². The van der Waals surface area contributed by atoms with Gasteiger partial charge in [-0.3, -0.25) is 4.79 Å². The van der Waals surface area contributed by atoms with Crippen LogP contribution in [0.4, 0.5) is 5.69 Å². The Morgan fingerprint density at radius 2 is 2.00 bits per heavy atom. The summed E-state index contributed by atoms with van der Waals surface area (Å²) in [6.45, 7) is 4.36. The van der Waals surface area contributed by atoms with Gasteiger partial charge in [0, 0.05) is 28.7 Å². The number of nitriles is 1. The summed E-state index contributed by atoms with van der Waals surface area (Å²) in [4.78, 5) is 12.4. The van der Waals surface area contributed by atoms with Crippen molar-refractivity contribution in [1.29, 1.82) is 5.26 Å². The van der Waals surface area contributed by atoms with E-state index in [4.69, 9.17) is 5.26 Å². The number of rotatable bonds is 5. The topological polar surface area (TPSA) is 57.8 Å². The summed E-state index contributed by atoms with van der Waals surface area (Å²) >= 11 is 0. The molecule has 1 aromatic heterocycles. The highest BCUT2D eigenvalue weighted by atomic mass is 16.1. The van der Waals surface area contributed by atoms with Gasteiger partial charge in [-0.25, -0.2) is 0 Å². The molecule has 0 atom stereocenters. The lowest BCUT2D eigenvalue weighted by molar-refractivity contribution is 0.101. The van der Waals surface area contributed by atoms with Crippen molar-refractivity contribution in [3.63, 3.8) is 0 Å². The number of aryl methyl sites for hydroxylation is 1. The predicted octanol–water partition coefficient (Wildman–Crippen LogP) is 3.61. The molecule has 1 aliphatic rings. The molecule has 1 fully saturated rings. The number of hydrogen-bond acceptors (Lipinski definition) is 3. The van der Waals surface area contributed by atoms with Crippen LogP contribution in [0.5, 0.6) is 0 Å². The molecule has 0 bridgehead atoms. The molecule has 0 aliphatic heterocycles. The Labute approximate surface area is 130 Å². The van der Waals surface area contributed by atoms with E-state index in [0.29, 0.717) is 11.6 Å². The van der Waals surface area contributed by atoms with Gasteiger partial charge in [-0.1, -0.05) is 0 Å². The number of carbonyl (C=O) groups excluding carboxylic acids is 1. The smallest absolute Gasteiger partial charge is 0.183 e. The molecule has 0 radical (unpaired) electrons. The summed E-state index contributed by atoms with van der Waals surface area (Å²) in [5, 5.41) is 11.9. The first kappa shape index (κ1) is 14.4. The average molecular weight is 293 g/mol. The van der Waals surface area contributed by atoms with Gasteiger partial charge in [-0.2, -0.15) is 5.26 Å². The minimum absolute atomic E-state index is 0.101. The molecule has 4 heteroatoms. The molecule has 3 rings (SSSR count). The normalized spacial score (nSPS) is 13.7. The van der Waals surface area contributed by atoms with Crippen LogP contribution in [0.2, 0.25) is 0 Å². The van der Waals surface area contributed by atoms with E-state index < -0.39 is 0 Å². The lowest BCUT2D eigenvalue weighted by Gasteiger charge is -2.08. The Bertz CT molecular complexity index is 746. The molecule has 1 aromatic carbocycles. The van der Waals surface area contributed by atoms with Crippen molar-refractivity contribution < 1.29 is 4.79 Å². The first-order chi connectivity index (χ1) is 10.6. The van der Waals surface area contributed by atoms with Gasteiger partial charge in [0.1, 0.15) is 0 Å². The third-order valence-corrected chi connectivity index (χ3v) is 4.16. The van der Waals surface area contributed by atoms with E-state index in [1.54, 1.807) is 12.1 Å². The van der Waals surface area contributed by atoms with Crippen molar-refractivity contribution in [2.45, 2.75) is 32.7 Å². The molecule has 2 aromatic rings. The Hall–Kier alpha value is -2.54. The van der Waals surface area contributed by atoms with Crippen LogP contribution in [0.25, 0.3) is 0 Å². The van der Waals surface area contributed by atoms with E-state index >= 15 is 0 Å². The van der Waals surface area contributed by atoms with Crippen molar-refractivity contribution in [2.24, 2.45) is 0 Å². The Morgan fingerprint density at radius 1 is 1.32 bits per heavy atom. The largest absolute Gasteiger partial charge is 0.378 e. The van der Waals surface area contributed by atoms with E-state index in [2.05, 4.69) is 22.9 Å². The molecule has 22 heavy (non-hydrogen) atoms. The van der Waals surface area contributed by atoms with Crippen molar-refractivity contribution in [1.82, 2.24) is 4.57 Å². The minimum atomic E-state index is 0.101. The molecule has 1 saturated carbocycles. The van der Waals surface area contributed by atoms with Gasteiger partial charge in [0.2, 0.25) is 0 Å². The van der Waals surface area contributed by atoms with Crippen LogP contribution in [-0.2, 0) is 0 Å². The van der Waals surface area contributed by atoms with Gasteiger partial charge in [-0.15, -0.1) is 0 Å². The summed E-state index contributed by atoms with van der Waals surface area (Å²) in [6, 6.07) is 11.8. The molecule has 1 aliphatic carbocycles. The van der Waals surface area contributed by atoms with Crippen molar-refractivity contribution in [2.75, 3.05) is 11.9 Å². The molecular formula is C18H19N3O. The van der Waals surface area contributed by atoms with Crippen LogP contribution in [0, 0.1) is 25.2 Å². The highest BCUT2D eigenvalue weighted by molar-refractivity contribution is 6.00. The molecule has 0 saturated heterocycles. The maximum Gasteiger partial charge on any atom is 0.183 e. The highest BCUT2D eigenvalue weighted by Crippen LogP contribution is 2.38. The summed E-state index contributed by atoms with van der Waals surface area (Å²) < 4.78 is 2.29. The van der Waals surface area contributed by atoms with E-state index in [0.717, 1.165) is 16.9 Å². The molecule has 1 heterocycles. The van der Waals surface area contributed by atoms with E-state index in [-0.39, 0.29) is 12.3 Å². The summed E-state index contributed by atoms with van der Waals surface area (Å²) in [5.74, 6) is 0.101. The van der Waals surface area contributed by atoms with Crippen LogP contribution in [0.15, 0.2) is 30.3 Å². The third kappa shape index (κ3) is 2.75. The lowest BCUT2D eigenvalue weighted by Crippen LogP contribution is -2.15. The zero-order valence-corrected chi connectivity index (χ0v) is 12.9.